The van der Waals surface area contributed by atoms with Crippen LogP contribution >= 0.6 is 0 Å². The summed E-state index contributed by atoms with van der Waals surface area (Å²) in [6.07, 6.45) is 6.57. The van der Waals surface area contributed by atoms with Crippen LogP contribution in [0.1, 0.15) is 31.2 Å². The monoisotopic (exact) mass is 521 g/mol. The molecule has 2 heterocycles. The lowest BCUT2D eigenvalue weighted by Gasteiger charge is -2.52. The van der Waals surface area contributed by atoms with E-state index in [0.29, 0.717) is 47.9 Å². The number of rotatable bonds is 3. The van der Waals surface area contributed by atoms with E-state index in [2.05, 4.69) is 15.9 Å². The molecular formula is C29H23F4N3O2. The molecule has 2 aliphatic rings. The highest BCUT2D eigenvalue weighted by Gasteiger charge is 2.56. The number of fused-ring (bicyclic) bond motifs is 2. The zero-order chi connectivity index (χ0) is 26.8. The molecule has 5 nitrogen and oxygen atoms in total. The van der Waals surface area contributed by atoms with Crippen LogP contribution < -0.4 is 9.64 Å². The molecule has 1 saturated heterocycles. The van der Waals surface area contributed by atoms with E-state index < -0.39 is 17.6 Å². The first kappa shape index (κ1) is 24.3. The number of anilines is 1. The first-order chi connectivity index (χ1) is 18.1. The van der Waals surface area contributed by atoms with Crippen molar-refractivity contribution in [1.29, 1.82) is 0 Å². The molecular weight excluding hydrogens is 498 g/mol. The lowest BCUT2D eigenvalue weighted by atomic mass is 9.61. The van der Waals surface area contributed by atoms with Crippen LogP contribution in [0, 0.1) is 29.4 Å². The molecule has 4 aromatic rings. The van der Waals surface area contributed by atoms with Crippen molar-refractivity contribution in [2.24, 2.45) is 5.41 Å². The number of phenolic OH excluding ortho intramolecular Hbond substituents is 1. The Morgan fingerprint density at radius 3 is 2.42 bits per heavy atom. The number of phenols is 1. The normalized spacial score (nSPS) is 17.9. The molecule has 9 heteroatoms. The lowest BCUT2D eigenvalue weighted by Crippen LogP contribution is -2.52. The van der Waals surface area contributed by atoms with Gasteiger partial charge in [0.25, 0.3) is 0 Å². The Bertz CT molecular complexity index is 1650. The van der Waals surface area contributed by atoms with E-state index in [1.807, 2.05) is 4.90 Å². The summed E-state index contributed by atoms with van der Waals surface area (Å²) in [6.45, 7) is 0.993. The van der Waals surface area contributed by atoms with Crippen molar-refractivity contribution < 1.29 is 27.4 Å². The Balaban J connectivity index is 1.48. The number of benzene rings is 3. The Morgan fingerprint density at radius 2 is 1.76 bits per heavy atom. The third-order valence-corrected chi connectivity index (χ3v) is 7.83. The largest absolute Gasteiger partial charge is 0.508 e. The summed E-state index contributed by atoms with van der Waals surface area (Å²) >= 11 is 0. The highest BCUT2D eigenvalue weighted by Crippen LogP contribution is 2.57. The zero-order valence-electron chi connectivity index (χ0n) is 20.5. The average molecular weight is 522 g/mol. The highest BCUT2D eigenvalue weighted by atomic mass is 19.3. The van der Waals surface area contributed by atoms with Crippen LogP contribution in [0.4, 0.5) is 23.4 Å². The number of alkyl halides is 2. The number of hydrogen-bond acceptors (Lipinski definition) is 5. The predicted octanol–water partition coefficient (Wildman–Crippen LogP) is 6.44. The minimum Gasteiger partial charge on any atom is -0.508 e. The molecule has 1 aromatic heterocycles. The Hall–Kier alpha value is -4.06. The van der Waals surface area contributed by atoms with Gasteiger partial charge in [-0.3, -0.25) is 0 Å². The van der Waals surface area contributed by atoms with Crippen LogP contribution in [0.15, 0.2) is 36.4 Å². The number of methoxy groups -OCH3 is 1. The second kappa shape index (κ2) is 8.48. The smallest absolute Gasteiger partial charge is 0.318 e. The molecule has 38 heavy (non-hydrogen) atoms. The zero-order valence-corrected chi connectivity index (χ0v) is 20.5. The van der Waals surface area contributed by atoms with Gasteiger partial charge in [-0.25, -0.2) is 17.6 Å². The molecule has 3 aromatic carbocycles. The molecule has 1 N–H and O–H groups in total. The maximum atomic E-state index is 16.2. The van der Waals surface area contributed by atoms with E-state index in [-0.39, 0.29) is 52.2 Å². The minimum absolute atomic E-state index is 0.0185. The van der Waals surface area contributed by atoms with Gasteiger partial charge in [0.05, 0.1) is 12.7 Å². The molecule has 0 unspecified atom stereocenters. The summed E-state index contributed by atoms with van der Waals surface area (Å²) in [5, 5.41) is 11.5. The van der Waals surface area contributed by atoms with Crippen LogP contribution in [-0.4, -0.2) is 41.2 Å². The van der Waals surface area contributed by atoms with Crippen LogP contribution in [0.2, 0.25) is 0 Å². The second-order valence-corrected chi connectivity index (χ2v) is 10.2. The van der Waals surface area contributed by atoms with E-state index in [4.69, 9.17) is 11.2 Å². The maximum absolute atomic E-state index is 16.2. The number of piperidine rings is 1. The number of terminal acetylenes is 1. The molecule has 1 aliphatic heterocycles. The van der Waals surface area contributed by atoms with Gasteiger partial charge >= 0.3 is 6.01 Å². The summed E-state index contributed by atoms with van der Waals surface area (Å²) in [7, 11) is 1.37. The number of halogens is 4. The van der Waals surface area contributed by atoms with Gasteiger partial charge in [0, 0.05) is 42.3 Å². The first-order valence-electron chi connectivity index (χ1n) is 12.2. The SMILES string of the molecule is C#Cc1c(F)ccc2cc(O)cc(-c3ccc4c(N5CCC6(CC5)CC(F)(F)C6)nc(OC)nc4c3F)c12. The van der Waals surface area contributed by atoms with Gasteiger partial charge in [-0.15, -0.1) is 6.42 Å². The Kier molecular flexibility index (Phi) is 5.42. The molecule has 1 aliphatic carbocycles. The van der Waals surface area contributed by atoms with E-state index in [0.717, 1.165) is 0 Å². The number of nitrogens with zero attached hydrogens (tertiary/aromatic N) is 3. The van der Waals surface area contributed by atoms with Crippen molar-refractivity contribution in [2.75, 3.05) is 25.1 Å². The fourth-order valence-corrected chi connectivity index (χ4v) is 6.04. The molecule has 6 rings (SSSR count). The van der Waals surface area contributed by atoms with Gasteiger partial charge in [0.1, 0.15) is 22.9 Å². The van der Waals surface area contributed by atoms with Gasteiger partial charge in [-0.1, -0.05) is 18.1 Å². The van der Waals surface area contributed by atoms with Crippen molar-refractivity contribution in [3.63, 3.8) is 0 Å². The molecule has 2 fully saturated rings. The molecule has 0 amide bonds. The number of hydrogen-bond donors (Lipinski definition) is 1. The lowest BCUT2D eigenvalue weighted by molar-refractivity contribution is -0.168. The van der Waals surface area contributed by atoms with Crippen LogP contribution in [0.5, 0.6) is 11.8 Å². The third kappa shape index (κ3) is 3.78. The number of aromatic nitrogens is 2. The molecule has 0 atom stereocenters. The van der Waals surface area contributed by atoms with E-state index in [1.54, 1.807) is 6.07 Å². The summed E-state index contributed by atoms with van der Waals surface area (Å²) in [5.41, 5.74) is -0.124. The fourth-order valence-electron chi connectivity index (χ4n) is 6.04. The van der Waals surface area contributed by atoms with Crippen molar-refractivity contribution in [3.05, 3.63) is 53.6 Å². The van der Waals surface area contributed by atoms with Gasteiger partial charge in [-0.2, -0.15) is 9.97 Å². The summed E-state index contributed by atoms with van der Waals surface area (Å²) in [5.74, 6) is -1.28. The first-order valence-corrected chi connectivity index (χ1v) is 12.2. The van der Waals surface area contributed by atoms with Gasteiger partial charge < -0.3 is 14.7 Å². The summed E-state index contributed by atoms with van der Waals surface area (Å²) in [6, 6.07) is 8.58. The summed E-state index contributed by atoms with van der Waals surface area (Å²) in [4.78, 5) is 10.7. The van der Waals surface area contributed by atoms with Crippen molar-refractivity contribution in [2.45, 2.75) is 31.6 Å². The average Bonchev–Trinajstić information content (AvgIpc) is 2.87. The number of ether oxygens (including phenoxy) is 1. The standard InChI is InChI=1S/C29H23F4N3O2/c1-3-18-22(30)7-4-16-12-17(37)13-21(23(16)18)19-5-6-20-25(24(19)31)34-27(38-2)35-26(20)36-10-8-28(9-11-36)14-29(32,33)15-28/h1,4-7,12-13,37H,8-11,14-15H2,2H3. The Morgan fingerprint density at radius 1 is 1.03 bits per heavy atom. The topological polar surface area (TPSA) is 58.5 Å². The van der Waals surface area contributed by atoms with Gasteiger partial charge in [0.2, 0.25) is 5.92 Å². The number of aromatic hydroxyl groups is 1. The predicted molar refractivity (Wildman–Crippen MR) is 137 cm³/mol. The van der Waals surface area contributed by atoms with Crippen molar-refractivity contribution in [3.8, 4) is 35.2 Å². The van der Waals surface area contributed by atoms with E-state index in [9.17, 15) is 18.3 Å². The van der Waals surface area contributed by atoms with Crippen molar-refractivity contribution >= 4 is 27.5 Å². The fraction of sp³-hybridized carbons (Fsp3) is 0.310. The maximum Gasteiger partial charge on any atom is 0.318 e. The summed E-state index contributed by atoms with van der Waals surface area (Å²) < 4.78 is 63.2. The van der Waals surface area contributed by atoms with E-state index >= 15 is 4.39 Å². The van der Waals surface area contributed by atoms with Crippen LogP contribution in [-0.2, 0) is 0 Å². The molecule has 0 bridgehead atoms. The molecule has 1 spiro atoms. The molecule has 1 saturated carbocycles. The van der Waals surface area contributed by atoms with Crippen molar-refractivity contribution in [1.82, 2.24) is 9.97 Å². The second-order valence-electron chi connectivity index (χ2n) is 10.2. The van der Waals surface area contributed by atoms with Gasteiger partial charge in [0.15, 0.2) is 5.82 Å². The molecule has 194 valence electrons. The van der Waals surface area contributed by atoms with Crippen LogP contribution in [0.25, 0.3) is 32.8 Å². The highest BCUT2D eigenvalue weighted by molar-refractivity contribution is 6.04. The quantitative estimate of drug-likeness (QED) is 0.248. The minimum atomic E-state index is -2.59. The molecule has 0 radical (unpaired) electrons. The van der Waals surface area contributed by atoms with Gasteiger partial charge in [-0.05, 0) is 53.5 Å². The van der Waals surface area contributed by atoms with E-state index in [1.165, 1.54) is 37.4 Å². The third-order valence-electron chi connectivity index (χ3n) is 7.83. The van der Waals surface area contributed by atoms with Crippen LogP contribution in [0.3, 0.4) is 0 Å². The Labute approximate surface area is 216 Å².